The molecule has 160 valence electrons. The molecule has 0 aliphatic carbocycles. The Bertz CT molecular complexity index is 1110. The molecule has 3 aromatic rings. The topological polar surface area (TPSA) is 85.6 Å². The molecule has 0 N–H and O–H groups in total. The Morgan fingerprint density at radius 3 is 2.77 bits per heavy atom. The first-order valence-corrected chi connectivity index (χ1v) is 10.5. The van der Waals surface area contributed by atoms with E-state index in [-0.39, 0.29) is 17.6 Å². The zero-order valence-electron chi connectivity index (χ0n) is 17.5. The highest BCUT2D eigenvalue weighted by atomic mass is 32.1. The van der Waals surface area contributed by atoms with Crippen molar-refractivity contribution in [2.24, 2.45) is 0 Å². The van der Waals surface area contributed by atoms with Crippen LogP contribution in [0, 0.1) is 17.0 Å². The Hall–Kier alpha value is -3.52. The third-order valence-electron chi connectivity index (χ3n) is 4.86. The summed E-state index contributed by atoms with van der Waals surface area (Å²) in [6.45, 7) is 4.13. The van der Waals surface area contributed by atoms with Crippen LogP contribution in [0.25, 0.3) is 6.08 Å². The number of hydrogen-bond acceptors (Lipinski definition) is 6. The Kier molecular flexibility index (Phi) is 7.15. The van der Waals surface area contributed by atoms with Crippen LogP contribution in [0.1, 0.15) is 34.8 Å². The summed E-state index contributed by atoms with van der Waals surface area (Å²) in [5, 5.41) is 14.0. The van der Waals surface area contributed by atoms with Crippen molar-refractivity contribution in [3.05, 3.63) is 91.9 Å². The predicted molar refractivity (Wildman–Crippen MR) is 121 cm³/mol. The lowest BCUT2D eigenvalue weighted by Gasteiger charge is -2.24. The van der Waals surface area contributed by atoms with Crippen molar-refractivity contribution in [2.75, 3.05) is 7.05 Å². The van der Waals surface area contributed by atoms with Gasteiger partial charge in [-0.15, -0.1) is 11.3 Å². The molecule has 7 nitrogen and oxygen atoms in total. The fraction of sp³-hybridized carbons (Fsp3) is 0.217. The molecule has 0 saturated carbocycles. The van der Waals surface area contributed by atoms with E-state index in [1.807, 2.05) is 43.5 Å². The summed E-state index contributed by atoms with van der Waals surface area (Å²) in [5.41, 5.74) is 2.34. The number of nitro groups is 1. The van der Waals surface area contributed by atoms with Gasteiger partial charge in [-0.05, 0) is 31.6 Å². The minimum atomic E-state index is -0.443. The highest BCUT2D eigenvalue weighted by Gasteiger charge is 2.18. The number of thiazole rings is 1. The molecule has 1 unspecified atom stereocenters. The van der Waals surface area contributed by atoms with Crippen molar-refractivity contribution in [1.82, 2.24) is 9.88 Å². The number of carbonyl (C=O) groups is 1. The molecule has 31 heavy (non-hydrogen) atoms. The van der Waals surface area contributed by atoms with E-state index < -0.39 is 4.92 Å². The Morgan fingerprint density at radius 1 is 1.29 bits per heavy atom. The van der Waals surface area contributed by atoms with Crippen molar-refractivity contribution >= 4 is 29.0 Å². The van der Waals surface area contributed by atoms with E-state index in [0.717, 1.165) is 16.3 Å². The third-order valence-corrected chi connectivity index (χ3v) is 5.68. The van der Waals surface area contributed by atoms with Gasteiger partial charge in [-0.3, -0.25) is 14.9 Å². The van der Waals surface area contributed by atoms with Gasteiger partial charge in [0.1, 0.15) is 12.4 Å². The molecule has 3 rings (SSSR count). The molecule has 8 heteroatoms. The van der Waals surface area contributed by atoms with Crippen LogP contribution in [0.4, 0.5) is 5.69 Å². The standard InChI is InChI=1S/C23H23N3O4S/c1-16(19-8-6-9-21(13-19)26(28)29)25(3)23(27)12-11-18-7-4-5-10-22(18)30-14-20-15-31-17(2)24-20/h4-13,15-16H,14H2,1-3H3/b12-11+. The molecule has 0 aliphatic heterocycles. The van der Waals surface area contributed by atoms with Gasteiger partial charge in [0, 0.05) is 36.2 Å². The maximum Gasteiger partial charge on any atom is 0.269 e. The molecular formula is C23H23N3O4S. The fourth-order valence-electron chi connectivity index (χ4n) is 2.97. The van der Waals surface area contributed by atoms with Crippen LogP contribution >= 0.6 is 11.3 Å². The van der Waals surface area contributed by atoms with Crippen molar-refractivity contribution in [1.29, 1.82) is 0 Å². The lowest BCUT2D eigenvalue weighted by molar-refractivity contribution is -0.384. The predicted octanol–water partition coefficient (Wildman–Crippen LogP) is 5.17. The average Bonchev–Trinajstić information content (AvgIpc) is 3.20. The minimum Gasteiger partial charge on any atom is -0.487 e. The fourth-order valence-corrected chi connectivity index (χ4v) is 3.56. The molecule has 0 bridgehead atoms. The lowest BCUT2D eigenvalue weighted by Crippen LogP contribution is -2.28. The molecule has 0 fully saturated rings. The molecule has 1 heterocycles. The van der Waals surface area contributed by atoms with Crippen LogP contribution in [0.15, 0.2) is 60.0 Å². The van der Waals surface area contributed by atoms with E-state index in [0.29, 0.717) is 17.9 Å². The maximum absolute atomic E-state index is 12.7. The van der Waals surface area contributed by atoms with Crippen molar-refractivity contribution in [3.63, 3.8) is 0 Å². The van der Waals surface area contributed by atoms with Gasteiger partial charge in [-0.25, -0.2) is 4.98 Å². The first kappa shape index (κ1) is 22.2. The number of likely N-dealkylation sites (N-methyl/N-ethyl adjacent to an activating group) is 1. The van der Waals surface area contributed by atoms with Gasteiger partial charge < -0.3 is 9.64 Å². The molecule has 1 amide bonds. The summed E-state index contributed by atoms with van der Waals surface area (Å²) in [6.07, 6.45) is 3.18. The number of para-hydroxylation sites is 1. The zero-order chi connectivity index (χ0) is 22.4. The second kappa shape index (κ2) is 9.99. The summed E-state index contributed by atoms with van der Waals surface area (Å²) in [5.74, 6) is 0.440. The van der Waals surface area contributed by atoms with Crippen LogP contribution in [0.5, 0.6) is 5.75 Å². The van der Waals surface area contributed by atoms with Crippen molar-refractivity contribution in [3.8, 4) is 5.75 Å². The molecule has 0 aliphatic rings. The quantitative estimate of drug-likeness (QED) is 0.276. The van der Waals surface area contributed by atoms with Crippen LogP contribution < -0.4 is 4.74 Å². The number of aromatic nitrogens is 1. The van der Waals surface area contributed by atoms with Gasteiger partial charge in [0.05, 0.1) is 21.7 Å². The SMILES string of the molecule is Cc1nc(COc2ccccc2/C=C/C(=O)N(C)C(C)c2cccc([N+](=O)[O-])c2)cs1. The summed E-state index contributed by atoms with van der Waals surface area (Å²) in [7, 11) is 1.67. The Morgan fingerprint density at radius 2 is 2.06 bits per heavy atom. The van der Waals surface area contributed by atoms with E-state index in [1.54, 1.807) is 36.6 Å². The summed E-state index contributed by atoms with van der Waals surface area (Å²) < 4.78 is 5.89. The van der Waals surface area contributed by atoms with Gasteiger partial charge in [0.2, 0.25) is 5.91 Å². The van der Waals surface area contributed by atoms with E-state index in [1.165, 1.54) is 23.1 Å². The number of carbonyl (C=O) groups excluding carboxylic acids is 1. The molecule has 0 saturated heterocycles. The second-order valence-electron chi connectivity index (χ2n) is 6.99. The average molecular weight is 438 g/mol. The van der Waals surface area contributed by atoms with Crippen molar-refractivity contribution in [2.45, 2.75) is 26.5 Å². The first-order valence-electron chi connectivity index (χ1n) is 9.67. The van der Waals surface area contributed by atoms with E-state index in [4.69, 9.17) is 4.74 Å². The van der Waals surface area contributed by atoms with Crippen LogP contribution in [-0.2, 0) is 11.4 Å². The largest absolute Gasteiger partial charge is 0.487 e. The number of benzene rings is 2. The summed E-state index contributed by atoms with van der Waals surface area (Å²) in [6, 6.07) is 13.5. The van der Waals surface area contributed by atoms with Crippen LogP contribution in [0.3, 0.4) is 0 Å². The Labute approximate surface area is 184 Å². The van der Waals surface area contributed by atoms with Gasteiger partial charge >= 0.3 is 0 Å². The first-order chi connectivity index (χ1) is 14.8. The van der Waals surface area contributed by atoms with Crippen LogP contribution in [0.2, 0.25) is 0 Å². The summed E-state index contributed by atoms with van der Waals surface area (Å²) >= 11 is 1.57. The number of non-ortho nitro benzene ring substituents is 1. The molecular weight excluding hydrogens is 414 g/mol. The number of amides is 1. The highest BCUT2D eigenvalue weighted by Crippen LogP contribution is 2.24. The lowest BCUT2D eigenvalue weighted by atomic mass is 10.1. The molecule has 0 radical (unpaired) electrons. The normalized spacial score (nSPS) is 12.0. The second-order valence-corrected chi connectivity index (χ2v) is 8.06. The summed E-state index contributed by atoms with van der Waals surface area (Å²) in [4.78, 5) is 29.2. The number of nitro benzene ring substituents is 1. The zero-order valence-corrected chi connectivity index (χ0v) is 18.3. The number of rotatable bonds is 8. The smallest absolute Gasteiger partial charge is 0.269 e. The van der Waals surface area contributed by atoms with Gasteiger partial charge in [0.25, 0.3) is 5.69 Å². The van der Waals surface area contributed by atoms with Gasteiger partial charge in [0.15, 0.2) is 0 Å². The molecule has 0 spiro atoms. The van der Waals surface area contributed by atoms with Gasteiger partial charge in [-0.1, -0.05) is 30.3 Å². The van der Waals surface area contributed by atoms with E-state index in [2.05, 4.69) is 4.98 Å². The minimum absolute atomic E-state index is 0.00197. The third kappa shape index (κ3) is 5.76. The van der Waals surface area contributed by atoms with Crippen molar-refractivity contribution < 1.29 is 14.5 Å². The van der Waals surface area contributed by atoms with E-state index in [9.17, 15) is 14.9 Å². The highest BCUT2D eigenvalue weighted by molar-refractivity contribution is 7.09. The number of hydrogen-bond donors (Lipinski definition) is 0. The monoisotopic (exact) mass is 437 g/mol. The number of aryl methyl sites for hydroxylation is 1. The number of ether oxygens (including phenoxy) is 1. The van der Waals surface area contributed by atoms with Crippen LogP contribution in [-0.4, -0.2) is 27.8 Å². The van der Waals surface area contributed by atoms with E-state index >= 15 is 0 Å². The maximum atomic E-state index is 12.7. The molecule has 1 atom stereocenters. The number of nitrogens with zero attached hydrogens (tertiary/aromatic N) is 3. The molecule has 2 aromatic carbocycles. The Balaban J connectivity index is 1.69. The van der Waals surface area contributed by atoms with Gasteiger partial charge in [-0.2, -0.15) is 0 Å². The molecule has 1 aromatic heterocycles.